The summed E-state index contributed by atoms with van der Waals surface area (Å²) >= 11 is 0. The van der Waals surface area contributed by atoms with Gasteiger partial charge in [0, 0.05) is 17.5 Å². The van der Waals surface area contributed by atoms with Crippen LogP contribution in [0.5, 0.6) is 11.5 Å². The van der Waals surface area contributed by atoms with Gasteiger partial charge in [-0.2, -0.15) is 0 Å². The number of nitrogens with zero attached hydrogens (tertiary/aromatic N) is 3. The van der Waals surface area contributed by atoms with Crippen molar-refractivity contribution in [2.75, 3.05) is 19.5 Å². The van der Waals surface area contributed by atoms with Crippen molar-refractivity contribution >= 4 is 16.7 Å². The molecule has 1 aromatic heterocycles. The first kappa shape index (κ1) is 16.6. The molecular formula is C16H15FN4O4. The van der Waals surface area contributed by atoms with E-state index < -0.39 is 16.8 Å². The number of nitro groups is 1. The van der Waals surface area contributed by atoms with Gasteiger partial charge >= 0.3 is 0 Å². The van der Waals surface area contributed by atoms with Crippen molar-refractivity contribution in [2.45, 2.75) is 12.5 Å². The molecule has 8 nitrogen and oxygen atoms in total. The zero-order valence-corrected chi connectivity index (χ0v) is 13.5. The number of allylic oxidation sites excluding steroid dienone is 1. The number of fused-ring (bicyclic) bond motifs is 1. The molecule has 1 aliphatic rings. The third kappa shape index (κ3) is 3.21. The lowest BCUT2D eigenvalue weighted by molar-refractivity contribution is -0.419. The molecule has 1 unspecified atom stereocenters. The fraction of sp³-hybridized carbons (Fsp3) is 0.250. The standard InChI is InChI=1S/C16H15FN4O4/c1-24-14-6-10-13(7-15(14)25-2)18-8-19-16(10)20-12-4-3-9(21(22)23)5-11(12)17/h3,5-8,12H,4H2,1-2H3,(H,18,19,20). The minimum absolute atomic E-state index is 0.136. The molecule has 0 spiro atoms. The van der Waals surface area contributed by atoms with Gasteiger partial charge in [-0.25, -0.2) is 14.4 Å². The third-order valence-corrected chi connectivity index (χ3v) is 3.84. The number of ether oxygens (including phenoxy) is 2. The van der Waals surface area contributed by atoms with Crippen LogP contribution in [0.1, 0.15) is 6.42 Å². The summed E-state index contributed by atoms with van der Waals surface area (Å²) in [5.41, 5.74) is 0.339. The van der Waals surface area contributed by atoms with Crippen LogP contribution in [0.25, 0.3) is 10.9 Å². The zero-order valence-electron chi connectivity index (χ0n) is 13.5. The van der Waals surface area contributed by atoms with Crippen LogP contribution in [0.3, 0.4) is 0 Å². The number of halogens is 1. The number of aromatic nitrogens is 2. The van der Waals surface area contributed by atoms with Crippen LogP contribution < -0.4 is 14.8 Å². The molecule has 1 aliphatic carbocycles. The Morgan fingerprint density at radius 1 is 1.28 bits per heavy atom. The second kappa shape index (κ2) is 6.71. The van der Waals surface area contributed by atoms with Crippen molar-refractivity contribution in [1.29, 1.82) is 0 Å². The van der Waals surface area contributed by atoms with E-state index in [1.54, 1.807) is 12.1 Å². The van der Waals surface area contributed by atoms with E-state index in [0.29, 0.717) is 28.2 Å². The fourth-order valence-corrected chi connectivity index (χ4v) is 2.57. The second-order valence-corrected chi connectivity index (χ2v) is 5.29. The first-order valence-electron chi connectivity index (χ1n) is 7.38. The minimum atomic E-state index is -0.741. The summed E-state index contributed by atoms with van der Waals surface area (Å²) in [6.45, 7) is 0. The highest BCUT2D eigenvalue weighted by molar-refractivity contribution is 5.91. The molecule has 130 valence electrons. The highest BCUT2D eigenvalue weighted by atomic mass is 19.1. The predicted molar refractivity (Wildman–Crippen MR) is 88.9 cm³/mol. The zero-order chi connectivity index (χ0) is 18.0. The third-order valence-electron chi connectivity index (χ3n) is 3.84. The Morgan fingerprint density at radius 2 is 2.00 bits per heavy atom. The molecule has 0 saturated heterocycles. The number of anilines is 1. The monoisotopic (exact) mass is 346 g/mol. The molecule has 25 heavy (non-hydrogen) atoms. The number of benzene rings is 1. The van der Waals surface area contributed by atoms with E-state index in [9.17, 15) is 14.5 Å². The molecule has 1 heterocycles. The Hall–Kier alpha value is -3.23. The van der Waals surface area contributed by atoms with Crippen LogP contribution in [0.2, 0.25) is 0 Å². The van der Waals surface area contributed by atoms with E-state index in [1.165, 1.54) is 26.6 Å². The summed E-state index contributed by atoms with van der Waals surface area (Å²) in [7, 11) is 3.03. The molecule has 0 bridgehead atoms. The molecule has 0 aliphatic heterocycles. The van der Waals surface area contributed by atoms with E-state index >= 15 is 0 Å². The number of methoxy groups -OCH3 is 2. The molecule has 0 fully saturated rings. The second-order valence-electron chi connectivity index (χ2n) is 5.29. The number of nitrogens with one attached hydrogen (secondary N) is 1. The molecular weight excluding hydrogens is 331 g/mol. The summed E-state index contributed by atoms with van der Waals surface area (Å²) in [5, 5.41) is 14.3. The summed E-state index contributed by atoms with van der Waals surface area (Å²) in [6, 6.07) is 2.65. The number of rotatable bonds is 5. The van der Waals surface area contributed by atoms with Gasteiger partial charge in [0.15, 0.2) is 11.5 Å². The van der Waals surface area contributed by atoms with Crippen LogP contribution >= 0.6 is 0 Å². The lowest BCUT2D eigenvalue weighted by Gasteiger charge is -2.19. The Bertz CT molecular complexity index is 897. The van der Waals surface area contributed by atoms with Crippen molar-refractivity contribution < 1.29 is 18.8 Å². The smallest absolute Gasteiger partial charge is 0.268 e. The molecule has 0 amide bonds. The normalized spacial score (nSPS) is 16.8. The molecule has 1 N–H and O–H groups in total. The Morgan fingerprint density at radius 3 is 2.64 bits per heavy atom. The van der Waals surface area contributed by atoms with Crippen LogP contribution in [-0.4, -0.2) is 35.2 Å². The van der Waals surface area contributed by atoms with Crippen molar-refractivity contribution in [1.82, 2.24) is 9.97 Å². The first-order chi connectivity index (χ1) is 12.0. The Labute approximate surface area is 142 Å². The van der Waals surface area contributed by atoms with Gasteiger partial charge in [-0.3, -0.25) is 10.1 Å². The van der Waals surface area contributed by atoms with Gasteiger partial charge in [0.1, 0.15) is 18.0 Å². The molecule has 0 radical (unpaired) electrons. The van der Waals surface area contributed by atoms with Crippen LogP contribution in [0.15, 0.2) is 42.1 Å². The van der Waals surface area contributed by atoms with Gasteiger partial charge in [0.25, 0.3) is 5.70 Å². The van der Waals surface area contributed by atoms with Gasteiger partial charge < -0.3 is 14.8 Å². The molecule has 1 aromatic carbocycles. The molecule has 2 aromatic rings. The van der Waals surface area contributed by atoms with E-state index in [2.05, 4.69) is 15.3 Å². The summed E-state index contributed by atoms with van der Waals surface area (Å²) < 4.78 is 24.7. The Balaban J connectivity index is 1.95. The maximum absolute atomic E-state index is 14.2. The maximum atomic E-state index is 14.2. The minimum Gasteiger partial charge on any atom is -0.493 e. The molecule has 9 heteroatoms. The highest BCUT2D eigenvalue weighted by Crippen LogP contribution is 2.34. The van der Waals surface area contributed by atoms with Crippen LogP contribution in [0.4, 0.5) is 10.2 Å². The van der Waals surface area contributed by atoms with E-state index in [1.807, 2.05) is 0 Å². The Kier molecular flexibility index (Phi) is 4.46. The van der Waals surface area contributed by atoms with Gasteiger partial charge in [-0.05, 0) is 18.6 Å². The van der Waals surface area contributed by atoms with Crippen LogP contribution in [-0.2, 0) is 0 Å². The topological polar surface area (TPSA) is 99.4 Å². The van der Waals surface area contributed by atoms with Crippen LogP contribution in [0, 0.1) is 10.1 Å². The van der Waals surface area contributed by atoms with Crippen molar-refractivity contribution in [3.63, 3.8) is 0 Å². The predicted octanol–water partition coefficient (Wildman–Crippen LogP) is 2.85. The average Bonchev–Trinajstić information content (AvgIpc) is 2.62. The fourth-order valence-electron chi connectivity index (χ4n) is 2.57. The first-order valence-corrected chi connectivity index (χ1v) is 7.38. The van der Waals surface area contributed by atoms with Gasteiger partial charge in [-0.15, -0.1) is 0 Å². The highest BCUT2D eigenvalue weighted by Gasteiger charge is 2.24. The SMILES string of the molecule is COc1cc2ncnc(NC3CC=C([N+](=O)[O-])C=C3F)c2cc1OC. The average molecular weight is 346 g/mol. The van der Waals surface area contributed by atoms with Gasteiger partial charge in [0.05, 0.1) is 30.7 Å². The van der Waals surface area contributed by atoms with Gasteiger partial charge in [0.2, 0.25) is 0 Å². The number of hydrogen-bond acceptors (Lipinski definition) is 7. The maximum Gasteiger partial charge on any atom is 0.268 e. The van der Waals surface area contributed by atoms with E-state index in [0.717, 1.165) is 6.08 Å². The molecule has 1 atom stereocenters. The van der Waals surface area contributed by atoms with Crippen molar-refractivity contribution in [3.05, 3.63) is 52.3 Å². The molecule has 3 rings (SSSR count). The lowest BCUT2D eigenvalue weighted by atomic mass is 10.1. The largest absolute Gasteiger partial charge is 0.493 e. The van der Waals surface area contributed by atoms with E-state index in [-0.39, 0.29) is 12.1 Å². The van der Waals surface area contributed by atoms with Gasteiger partial charge in [-0.1, -0.05) is 0 Å². The van der Waals surface area contributed by atoms with Crippen molar-refractivity contribution in [3.8, 4) is 11.5 Å². The summed E-state index contributed by atoms with van der Waals surface area (Å²) in [5.74, 6) is 0.781. The lowest BCUT2D eigenvalue weighted by Crippen LogP contribution is -2.23. The van der Waals surface area contributed by atoms with E-state index in [4.69, 9.17) is 9.47 Å². The van der Waals surface area contributed by atoms with Crippen molar-refractivity contribution in [2.24, 2.45) is 0 Å². The number of hydrogen-bond donors (Lipinski definition) is 1. The quantitative estimate of drug-likeness (QED) is 0.656. The summed E-state index contributed by atoms with van der Waals surface area (Å²) in [6.07, 6.45) is 3.76. The molecule has 0 saturated carbocycles. The summed E-state index contributed by atoms with van der Waals surface area (Å²) in [4.78, 5) is 18.4.